The van der Waals surface area contributed by atoms with Crippen molar-refractivity contribution in [2.24, 2.45) is 5.41 Å². The Morgan fingerprint density at radius 1 is 0.844 bits per heavy atom. The second kappa shape index (κ2) is 10.3. The first kappa shape index (κ1) is 23.3. The normalized spacial score (nSPS) is 11.1. The molecule has 4 heteroatoms. The molecule has 0 heterocycles. The van der Waals surface area contributed by atoms with Crippen molar-refractivity contribution in [1.29, 1.82) is 0 Å². The van der Waals surface area contributed by atoms with E-state index >= 15 is 0 Å². The molecule has 0 saturated carbocycles. The van der Waals surface area contributed by atoms with E-state index in [0.29, 0.717) is 29.9 Å². The van der Waals surface area contributed by atoms with E-state index in [0.717, 1.165) is 23.3 Å². The molecule has 0 aromatic heterocycles. The van der Waals surface area contributed by atoms with E-state index < -0.39 is 5.41 Å². The van der Waals surface area contributed by atoms with E-state index in [1.807, 2.05) is 58.0 Å². The average molecular weight is 431 g/mol. The predicted molar refractivity (Wildman–Crippen MR) is 126 cm³/mol. The molecular weight excluding hydrogens is 400 g/mol. The van der Waals surface area contributed by atoms with Crippen LogP contribution in [0.5, 0.6) is 11.5 Å². The highest BCUT2D eigenvalue weighted by Gasteiger charge is 2.29. The summed E-state index contributed by atoms with van der Waals surface area (Å²) in [4.78, 5) is 25.2. The summed E-state index contributed by atoms with van der Waals surface area (Å²) in [6.45, 7) is 8.35. The summed E-state index contributed by atoms with van der Waals surface area (Å²) >= 11 is 0. The molecule has 0 aliphatic rings. The Morgan fingerprint density at radius 2 is 1.50 bits per heavy atom. The van der Waals surface area contributed by atoms with Crippen molar-refractivity contribution >= 4 is 11.8 Å². The van der Waals surface area contributed by atoms with Crippen LogP contribution in [0.25, 0.3) is 0 Å². The molecule has 0 N–H and O–H groups in total. The van der Waals surface area contributed by atoms with Gasteiger partial charge in [-0.2, -0.15) is 0 Å². The predicted octanol–water partition coefficient (Wildman–Crippen LogP) is 6.33. The van der Waals surface area contributed by atoms with Gasteiger partial charge in [0.2, 0.25) is 0 Å². The zero-order chi connectivity index (χ0) is 23.1. The Morgan fingerprint density at radius 3 is 2.19 bits per heavy atom. The molecule has 3 aromatic rings. The molecule has 3 rings (SSSR count). The van der Waals surface area contributed by atoms with Gasteiger partial charge >= 0.3 is 5.97 Å². The number of aryl methyl sites for hydroxylation is 2. The quantitative estimate of drug-likeness (QED) is 0.172. The van der Waals surface area contributed by atoms with Crippen molar-refractivity contribution in [1.82, 2.24) is 0 Å². The van der Waals surface area contributed by atoms with Crippen LogP contribution < -0.4 is 9.47 Å². The van der Waals surface area contributed by atoms with Gasteiger partial charge in [0.15, 0.2) is 5.78 Å². The lowest BCUT2D eigenvalue weighted by Gasteiger charge is -2.22. The van der Waals surface area contributed by atoms with E-state index in [9.17, 15) is 9.59 Å². The molecule has 0 saturated heterocycles. The molecule has 0 unspecified atom stereocenters. The zero-order valence-corrected chi connectivity index (χ0v) is 19.2. The monoisotopic (exact) mass is 430 g/mol. The SMILES string of the molecule is Cc1ccc(C)c(OCCCC(C)(C)C(=O)Oc2ccc(C(=O)c3ccccc3)cc2)c1. The van der Waals surface area contributed by atoms with Crippen LogP contribution in [0.2, 0.25) is 0 Å². The first-order chi connectivity index (χ1) is 15.3. The fraction of sp³-hybridized carbons (Fsp3) is 0.286. The highest BCUT2D eigenvalue weighted by atomic mass is 16.5. The van der Waals surface area contributed by atoms with Crippen LogP contribution in [0.1, 0.15) is 53.7 Å². The molecule has 0 bridgehead atoms. The first-order valence-electron chi connectivity index (χ1n) is 10.9. The van der Waals surface area contributed by atoms with Crippen LogP contribution in [0.3, 0.4) is 0 Å². The highest BCUT2D eigenvalue weighted by molar-refractivity contribution is 6.09. The maximum absolute atomic E-state index is 12.7. The van der Waals surface area contributed by atoms with Crippen molar-refractivity contribution < 1.29 is 19.1 Å². The van der Waals surface area contributed by atoms with E-state index in [4.69, 9.17) is 9.47 Å². The topological polar surface area (TPSA) is 52.6 Å². The second-order valence-electron chi connectivity index (χ2n) is 8.71. The van der Waals surface area contributed by atoms with E-state index in [1.54, 1.807) is 36.4 Å². The van der Waals surface area contributed by atoms with Crippen molar-refractivity contribution in [3.63, 3.8) is 0 Å². The van der Waals surface area contributed by atoms with Crippen molar-refractivity contribution in [3.8, 4) is 11.5 Å². The third kappa shape index (κ3) is 6.07. The summed E-state index contributed by atoms with van der Waals surface area (Å²) in [5, 5.41) is 0. The zero-order valence-electron chi connectivity index (χ0n) is 19.2. The summed E-state index contributed by atoms with van der Waals surface area (Å²) in [7, 11) is 0. The summed E-state index contributed by atoms with van der Waals surface area (Å²) in [5.41, 5.74) is 2.79. The molecule has 0 atom stereocenters. The Hall–Kier alpha value is -3.40. The molecule has 0 fully saturated rings. The van der Waals surface area contributed by atoms with Crippen molar-refractivity contribution in [2.45, 2.75) is 40.5 Å². The van der Waals surface area contributed by atoms with Gasteiger partial charge < -0.3 is 9.47 Å². The molecule has 4 nitrogen and oxygen atoms in total. The third-order valence-electron chi connectivity index (χ3n) is 5.46. The minimum absolute atomic E-state index is 0.0624. The minimum Gasteiger partial charge on any atom is -0.493 e. The lowest BCUT2D eigenvalue weighted by Crippen LogP contribution is -2.29. The van der Waals surface area contributed by atoms with Crippen LogP contribution in [0.4, 0.5) is 0 Å². The van der Waals surface area contributed by atoms with Crippen LogP contribution in [-0.4, -0.2) is 18.4 Å². The molecule has 32 heavy (non-hydrogen) atoms. The fourth-order valence-corrected chi connectivity index (χ4v) is 3.34. The molecule has 166 valence electrons. The number of ketones is 1. The number of ether oxygens (including phenoxy) is 2. The lowest BCUT2D eigenvalue weighted by molar-refractivity contribution is -0.144. The van der Waals surface area contributed by atoms with Gasteiger partial charge in [0.05, 0.1) is 12.0 Å². The highest BCUT2D eigenvalue weighted by Crippen LogP contribution is 2.27. The third-order valence-corrected chi connectivity index (χ3v) is 5.46. The van der Waals surface area contributed by atoms with Gasteiger partial charge in [0.25, 0.3) is 0 Å². The lowest BCUT2D eigenvalue weighted by atomic mass is 9.88. The molecular formula is C28H30O4. The number of rotatable bonds is 9. The number of hydrogen-bond acceptors (Lipinski definition) is 4. The average Bonchev–Trinajstić information content (AvgIpc) is 2.79. The standard InChI is InChI=1S/C28H30O4/c1-20-11-12-21(2)25(19-20)31-18-8-17-28(3,4)27(30)32-24-15-13-23(14-16-24)26(29)22-9-6-5-7-10-22/h5-7,9-16,19H,8,17-18H2,1-4H3. The van der Waals surface area contributed by atoms with Gasteiger partial charge in [0.1, 0.15) is 11.5 Å². The Bertz CT molecular complexity index is 1070. The van der Waals surface area contributed by atoms with E-state index in [-0.39, 0.29) is 11.8 Å². The van der Waals surface area contributed by atoms with Gasteiger partial charge in [-0.3, -0.25) is 9.59 Å². The summed E-state index contributed by atoms with van der Waals surface area (Å²) in [5.74, 6) is 0.953. The summed E-state index contributed by atoms with van der Waals surface area (Å²) < 4.78 is 11.5. The fourth-order valence-electron chi connectivity index (χ4n) is 3.34. The van der Waals surface area contributed by atoms with Gasteiger partial charge in [-0.25, -0.2) is 0 Å². The molecule has 0 aliphatic carbocycles. The molecule has 0 spiro atoms. The number of hydrogen-bond donors (Lipinski definition) is 0. The van der Waals surface area contributed by atoms with Gasteiger partial charge in [-0.05, 0) is 82.0 Å². The van der Waals surface area contributed by atoms with Crippen LogP contribution in [0.15, 0.2) is 72.8 Å². The molecule has 0 radical (unpaired) electrons. The molecule has 3 aromatic carbocycles. The van der Waals surface area contributed by atoms with Crippen molar-refractivity contribution in [3.05, 3.63) is 95.1 Å². The number of carbonyl (C=O) groups excluding carboxylic acids is 2. The van der Waals surface area contributed by atoms with Crippen LogP contribution >= 0.6 is 0 Å². The second-order valence-corrected chi connectivity index (χ2v) is 8.71. The van der Waals surface area contributed by atoms with Gasteiger partial charge in [-0.15, -0.1) is 0 Å². The van der Waals surface area contributed by atoms with Gasteiger partial charge in [0, 0.05) is 11.1 Å². The van der Waals surface area contributed by atoms with Crippen LogP contribution in [-0.2, 0) is 4.79 Å². The number of carbonyl (C=O) groups is 2. The maximum Gasteiger partial charge on any atom is 0.316 e. The number of benzene rings is 3. The van der Waals surface area contributed by atoms with Crippen molar-refractivity contribution in [2.75, 3.05) is 6.61 Å². The largest absolute Gasteiger partial charge is 0.493 e. The molecule has 0 amide bonds. The van der Waals surface area contributed by atoms with Gasteiger partial charge in [-0.1, -0.05) is 42.5 Å². The Labute approximate surface area is 190 Å². The first-order valence-corrected chi connectivity index (χ1v) is 10.9. The van der Waals surface area contributed by atoms with Crippen LogP contribution in [0, 0.1) is 19.3 Å². The Balaban J connectivity index is 1.51. The maximum atomic E-state index is 12.7. The summed E-state index contributed by atoms with van der Waals surface area (Å²) in [6, 6.07) is 21.9. The molecule has 0 aliphatic heterocycles. The van der Waals surface area contributed by atoms with E-state index in [2.05, 4.69) is 6.07 Å². The summed E-state index contributed by atoms with van der Waals surface area (Å²) in [6.07, 6.45) is 1.38. The smallest absolute Gasteiger partial charge is 0.316 e. The van der Waals surface area contributed by atoms with E-state index in [1.165, 1.54) is 0 Å². The minimum atomic E-state index is -0.649. The number of esters is 1. The Kier molecular flexibility index (Phi) is 7.47.